The summed E-state index contributed by atoms with van der Waals surface area (Å²) in [6.07, 6.45) is 0. The van der Waals surface area contributed by atoms with Gasteiger partial charge in [0.25, 0.3) is 0 Å². The molecule has 0 amide bonds. The Morgan fingerprint density at radius 2 is 1.00 bits per heavy atom. The van der Waals surface area contributed by atoms with E-state index in [9.17, 15) is 0 Å². The van der Waals surface area contributed by atoms with Crippen molar-refractivity contribution in [1.82, 2.24) is 0 Å². The molecule has 0 fully saturated rings. The van der Waals surface area contributed by atoms with Gasteiger partial charge in [-0.1, -0.05) is 0 Å². The molecule has 0 rings (SSSR count). The van der Waals surface area contributed by atoms with E-state index >= 15 is 0 Å². The van der Waals surface area contributed by atoms with Gasteiger partial charge in [0.1, 0.15) is 21.0 Å². The molecule has 0 aliphatic rings. The molecule has 0 unspecified atom stereocenters. The second kappa shape index (κ2) is 133. The van der Waals surface area contributed by atoms with E-state index in [0.29, 0.717) is 0 Å². The first kappa shape index (κ1) is 23.5. The van der Waals surface area contributed by atoms with Gasteiger partial charge in [-0.25, -0.2) is 0 Å². The molecule has 0 spiro atoms. The van der Waals surface area contributed by atoms with Crippen molar-refractivity contribution >= 4 is 21.0 Å². The molecular weight excluding hydrogens is 315 g/mol. The zero-order valence-electron chi connectivity index (χ0n) is 5.29. The smallest absolute Gasteiger partial charge is 0.521 e. The Bertz CT molecular complexity index is 21.5. The van der Waals surface area contributed by atoms with Crippen molar-refractivity contribution < 1.29 is 25.2 Å². The Morgan fingerprint density at radius 3 is 1.00 bits per heavy atom. The van der Waals surface area contributed by atoms with E-state index in [1.165, 1.54) is 0 Å². The average Bonchev–Trinajstić information content (AvgIpc) is 1.78. The first-order chi connectivity index (χ1) is 3.41. The summed E-state index contributed by atoms with van der Waals surface area (Å²) >= 11 is 0. The minimum Gasteiger partial charge on any atom is -0.521 e. The van der Waals surface area contributed by atoms with Gasteiger partial charge in [-0.05, 0) is 0 Å². The third kappa shape index (κ3) is 643. The zero-order chi connectivity index (χ0) is 6.71. The maximum atomic E-state index is 4.53. The van der Waals surface area contributed by atoms with Gasteiger partial charge in [-0.3, -0.25) is 13.2 Å². The molecule has 0 aromatic carbocycles. The molecule has 0 N–H and O–H groups in total. The number of rotatable bonds is 0. The van der Waals surface area contributed by atoms with E-state index in [2.05, 4.69) is 30.4 Å². The van der Waals surface area contributed by atoms with Crippen LogP contribution in [-0.4, -0.2) is 21.0 Å². The Kier molecular flexibility index (Phi) is 392. The molecule has 0 bridgehead atoms. The molecule has 0 saturated heterocycles. The molecule has 4 heteroatoms. The number of hydrogen-bond acceptors (Lipinski definition) is 1. The van der Waals surface area contributed by atoms with Gasteiger partial charge in [0.05, 0.1) is 0 Å². The van der Waals surface area contributed by atoms with E-state index in [-0.39, 0.29) is 21.1 Å². The minimum atomic E-state index is 0. The van der Waals surface area contributed by atoms with Crippen LogP contribution in [0.5, 0.6) is 0 Å². The second-order valence-corrected chi connectivity index (χ2v) is 3.67. The van der Waals surface area contributed by atoms with Gasteiger partial charge in [-0.15, -0.1) is 0 Å². The first-order valence-corrected chi connectivity index (χ1v) is 3.27. The predicted molar refractivity (Wildman–Crippen MR) is 40.8 cm³/mol. The molecular formula is C4H12OPtSi2. The fourth-order valence-electron chi connectivity index (χ4n) is 0. The summed E-state index contributed by atoms with van der Waals surface area (Å²) in [6.45, 7) is 14.0. The maximum absolute atomic E-state index is 4.53. The normalized spacial score (nSPS) is 4.00. The first-order valence-electron chi connectivity index (χ1n) is 1.63. The third-order valence-electron chi connectivity index (χ3n) is 0. The van der Waals surface area contributed by atoms with Crippen LogP contribution in [0.15, 0.2) is 13.2 Å². The predicted octanol–water partition coefficient (Wildman–Crippen LogP) is -1.23. The average molecular weight is 327 g/mol. The standard InChI is InChI=1S/2C2H3.H6OSi2.Pt/c2*1-2;2-1-3;/h2*1H,2H2;2-3H3;/q2*-1;;+2. The number of hydrogen-bond donors (Lipinski definition) is 0. The van der Waals surface area contributed by atoms with E-state index in [0.717, 1.165) is 21.0 Å². The molecule has 0 atom stereocenters. The summed E-state index contributed by atoms with van der Waals surface area (Å²) in [6, 6.07) is 0. The molecule has 0 aliphatic heterocycles. The summed E-state index contributed by atoms with van der Waals surface area (Å²) in [5.74, 6) is 0. The Balaban J connectivity index is -0.0000000147. The van der Waals surface area contributed by atoms with Gasteiger partial charge < -0.3 is 17.3 Å². The monoisotopic (exact) mass is 327 g/mol. The van der Waals surface area contributed by atoms with Gasteiger partial charge in [0.2, 0.25) is 0 Å². The van der Waals surface area contributed by atoms with Crippen LogP contribution in [0.3, 0.4) is 0 Å². The van der Waals surface area contributed by atoms with Crippen molar-refractivity contribution in [2.75, 3.05) is 0 Å². The second-order valence-electron chi connectivity index (χ2n) is 0.408. The van der Waals surface area contributed by atoms with Crippen molar-refractivity contribution in [3.63, 3.8) is 0 Å². The van der Waals surface area contributed by atoms with Crippen molar-refractivity contribution in [2.45, 2.75) is 0 Å². The molecule has 0 heterocycles. The fraction of sp³-hybridized carbons (Fsp3) is 0. The van der Waals surface area contributed by atoms with Crippen LogP contribution in [0, 0.1) is 13.2 Å². The molecule has 0 radical (unpaired) electrons. The van der Waals surface area contributed by atoms with Crippen LogP contribution < -0.4 is 0 Å². The van der Waals surface area contributed by atoms with Crippen LogP contribution >= 0.6 is 0 Å². The summed E-state index contributed by atoms with van der Waals surface area (Å²) in [5.41, 5.74) is 0. The fourth-order valence-corrected chi connectivity index (χ4v) is 0. The van der Waals surface area contributed by atoms with Crippen molar-refractivity contribution in [2.24, 2.45) is 0 Å². The van der Waals surface area contributed by atoms with Crippen molar-refractivity contribution in [3.05, 3.63) is 26.3 Å². The largest absolute Gasteiger partial charge is 2.00 e. The van der Waals surface area contributed by atoms with Gasteiger partial charge in [-0.2, -0.15) is 0 Å². The van der Waals surface area contributed by atoms with Crippen LogP contribution in [0.25, 0.3) is 0 Å². The summed E-state index contributed by atoms with van der Waals surface area (Å²) < 4.78 is 4.53. The summed E-state index contributed by atoms with van der Waals surface area (Å²) in [7, 11) is 1.86. The van der Waals surface area contributed by atoms with Crippen molar-refractivity contribution in [3.8, 4) is 0 Å². The Hall–Kier alpha value is 0.562. The van der Waals surface area contributed by atoms with E-state index < -0.39 is 0 Å². The van der Waals surface area contributed by atoms with Gasteiger partial charge >= 0.3 is 21.1 Å². The SMILES string of the molecule is [CH-]=C.[CH-]=C.[Pt+2].[SiH3]O[SiH3]. The molecule has 1 nitrogen and oxygen atoms in total. The molecule has 0 saturated carbocycles. The van der Waals surface area contributed by atoms with Crippen LogP contribution in [0.4, 0.5) is 0 Å². The third-order valence-corrected chi connectivity index (χ3v) is 0. The van der Waals surface area contributed by atoms with E-state index in [1.807, 2.05) is 0 Å². The van der Waals surface area contributed by atoms with Crippen LogP contribution in [0.2, 0.25) is 0 Å². The van der Waals surface area contributed by atoms with E-state index in [4.69, 9.17) is 0 Å². The topological polar surface area (TPSA) is 9.23 Å². The quantitative estimate of drug-likeness (QED) is 0.400. The molecule has 8 heavy (non-hydrogen) atoms. The molecule has 0 aromatic heterocycles. The van der Waals surface area contributed by atoms with Gasteiger partial charge in [0.15, 0.2) is 0 Å². The van der Waals surface area contributed by atoms with E-state index in [1.54, 1.807) is 0 Å². The van der Waals surface area contributed by atoms with Crippen LogP contribution in [-0.2, 0) is 25.2 Å². The van der Waals surface area contributed by atoms with Crippen molar-refractivity contribution in [1.29, 1.82) is 0 Å². The summed E-state index contributed by atoms with van der Waals surface area (Å²) in [5, 5.41) is 0. The van der Waals surface area contributed by atoms with Gasteiger partial charge in [0, 0.05) is 0 Å². The Morgan fingerprint density at radius 1 is 1.00 bits per heavy atom. The molecule has 52 valence electrons. The molecule has 0 aliphatic carbocycles. The van der Waals surface area contributed by atoms with Crippen LogP contribution in [0.1, 0.15) is 0 Å². The Labute approximate surface area is 72.6 Å². The maximum Gasteiger partial charge on any atom is 2.00 e. The molecule has 0 aromatic rings. The summed E-state index contributed by atoms with van der Waals surface area (Å²) in [4.78, 5) is 0. The minimum absolute atomic E-state index is 0. The zero-order valence-corrected chi connectivity index (χ0v) is 11.6.